The molecule has 7 heteroatoms. The van der Waals surface area contributed by atoms with Crippen LogP contribution in [0.2, 0.25) is 5.02 Å². The lowest BCUT2D eigenvalue weighted by Crippen LogP contribution is -2.37. The number of benzene rings is 1. The van der Waals surface area contributed by atoms with Crippen molar-refractivity contribution in [3.05, 3.63) is 65.1 Å². The first-order valence-corrected chi connectivity index (χ1v) is 8.61. The van der Waals surface area contributed by atoms with E-state index in [9.17, 15) is 0 Å². The van der Waals surface area contributed by atoms with E-state index in [1.54, 1.807) is 7.05 Å². The Balaban J connectivity index is 1.44. The minimum atomic E-state index is 0.558. The van der Waals surface area contributed by atoms with Gasteiger partial charge >= 0.3 is 0 Å². The first-order valence-electron chi connectivity index (χ1n) is 8.24. The van der Waals surface area contributed by atoms with Gasteiger partial charge in [0.25, 0.3) is 0 Å². The van der Waals surface area contributed by atoms with Gasteiger partial charge in [0, 0.05) is 24.8 Å². The van der Waals surface area contributed by atoms with Crippen LogP contribution in [0.4, 0.5) is 0 Å². The molecule has 0 atom stereocenters. The van der Waals surface area contributed by atoms with Crippen molar-refractivity contribution in [3.8, 4) is 0 Å². The van der Waals surface area contributed by atoms with Crippen molar-refractivity contribution in [2.75, 3.05) is 13.6 Å². The molecule has 2 heterocycles. The third-order valence-electron chi connectivity index (χ3n) is 3.87. The van der Waals surface area contributed by atoms with Crippen molar-refractivity contribution in [2.45, 2.75) is 19.4 Å². The maximum atomic E-state index is 5.90. The molecule has 0 aliphatic heterocycles. The third-order valence-corrected chi connectivity index (χ3v) is 4.12. The number of aliphatic imine (C=N–C) groups is 1. The molecule has 6 nitrogen and oxygen atoms in total. The van der Waals surface area contributed by atoms with Crippen molar-refractivity contribution in [2.24, 2.45) is 4.99 Å². The molecule has 0 bridgehead atoms. The number of nitrogens with one attached hydrogen (secondary N) is 2. The van der Waals surface area contributed by atoms with Crippen LogP contribution in [0.15, 0.2) is 53.7 Å². The van der Waals surface area contributed by atoms with Crippen molar-refractivity contribution < 1.29 is 0 Å². The number of rotatable bonds is 6. The van der Waals surface area contributed by atoms with E-state index in [0.717, 1.165) is 41.8 Å². The highest BCUT2D eigenvalue weighted by atomic mass is 35.5. The Kier molecular flexibility index (Phi) is 5.85. The Morgan fingerprint density at radius 1 is 1.12 bits per heavy atom. The normalized spacial score (nSPS) is 11.7. The zero-order valence-electron chi connectivity index (χ0n) is 14.1. The van der Waals surface area contributed by atoms with Gasteiger partial charge in [-0.2, -0.15) is 0 Å². The van der Waals surface area contributed by atoms with Crippen LogP contribution in [-0.4, -0.2) is 34.2 Å². The van der Waals surface area contributed by atoms with Gasteiger partial charge in [-0.1, -0.05) is 29.8 Å². The van der Waals surface area contributed by atoms with Crippen molar-refractivity contribution in [1.29, 1.82) is 0 Å². The zero-order chi connectivity index (χ0) is 17.5. The molecule has 1 aromatic carbocycles. The van der Waals surface area contributed by atoms with Crippen molar-refractivity contribution in [1.82, 2.24) is 25.2 Å². The number of aryl methyl sites for hydroxylation is 1. The summed E-state index contributed by atoms with van der Waals surface area (Å²) < 4.78 is 1.96. The molecular formula is C18H21ClN6. The van der Waals surface area contributed by atoms with E-state index in [1.807, 2.05) is 40.9 Å². The van der Waals surface area contributed by atoms with Gasteiger partial charge < -0.3 is 10.6 Å². The molecule has 0 radical (unpaired) electrons. The molecule has 0 aliphatic carbocycles. The van der Waals surface area contributed by atoms with Gasteiger partial charge in [0.05, 0.1) is 6.54 Å². The van der Waals surface area contributed by atoms with E-state index in [4.69, 9.17) is 11.6 Å². The number of fused-ring (bicyclic) bond motifs is 1. The van der Waals surface area contributed by atoms with E-state index in [1.165, 1.54) is 5.56 Å². The molecule has 0 spiro atoms. The van der Waals surface area contributed by atoms with Gasteiger partial charge in [-0.3, -0.25) is 9.39 Å². The van der Waals surface area contributed by atoms with Crippen LogP contribution < -0.4 is 10.6 Å². The molecule has 3 aromatic rings. The Bertz CT molecular complexity index is 840. The average molecular weight is 357 g/mol. The van der Waals surface area contributed by atoms with Crippen molar-refractivity contribution in [3.63, 3.8) is 0 Å². The molecule has 2 N–H and O–H groups in total. The third kappa shape index (κ3) is 4.70. The predicted molar refractivity (Wildman–Crippen MR) is 101 cm³/mol. The summed E-state index contributed by atoms with van der Waals surface area (Å²) in [7, 11) is 1.76. The maximum absolute atomic E-state index is 5.90. The Hall–Kier alpha value is -2.60. The smallest absolute Gasteiger partial charge is 0.191 e. The fraction of sp³-hybridized carbons (Fsp3) is 0.278. The minimum Gasteiger partial charge on any atom is -0.356 e. The summed E-state index contributed by atoms with van der Waals surface area (Å²) in [5.41, 5.74) is 2.12. The number of pyridine rings is 1. The molecule has 0 saturated carbocycles. The average Bonchev–Trinajstić information content (AvgIpc) is 3.06. The molecule has 0 aliphatic rings. The molecule has 130 valence electrons. The zero-order valence-corrected chi connectivity index (χ0v) is 14.9. The minimum absolute atomic E-state index is 0.558. The summed E-state index contributed by atoms with van der Waals surface area (Å²) >= 11 is 5.90. The molecule has 0 saturated heterocycles. The van der Waals surface area contributed by atoms with E-state index in [0.29, 0.717) is 6.54 Å². The topological polar surface area (TPSA) is 66.6 Å². The van der Waals surface area contributed by atoms with Gasteiger partial charge in [0.1, 0.15) is 0 Å². The quantitative estimate of drug-likeness (QED) is 0.405. The summed E-state index contributed by atoms with van der Waals surface area (Å²) in [6.45, 7) is 1.39. The fourth-order valence-electron chi connectivity index (χ4n) is 2.55. The number of guanidine groups is 1. The first kappa shape index (κ1) is 17.2. The van der Waals surface area contributed by atoms with Crippen LogP contribution in [0.25, 0.3) is 5.65 Å². The van der Waals surface area contributed by atoms with E-state index >= 15 is 0 Å². The van der Waals surface area contributed by atoms with Gasteiger partial charge in [0.15, 0.2) is 17.4 Å². The second kappa shape index (κ2) is 8.48. The lowest BCUT2D eigenvalue weighted by atomic mass is 10.1. The van der Waals surface area contributed by atoms with Gasteiger partial charge in [0.2, 0.25) is 0 Å². The number of hydrogen-bond donors (Lipinski definition) is 2. The number of aromatic nitrogens is 3. The summed E-state index contributed by atoms with van der Waals surface area (Å²) in [6.07, 6.45) is 3.96. The van der Waals surface area contributed by atoms with E-state index in [-0.39, 0.29) is 0 Å². The highest BCUT2D eigenvalue weighted by molar-refractivity contribution is 6.30. The molecule has 25 heavy (non-hydrogen) atoms. The number of halogens is 1. The Morgan fingerprint density at radius 2 is 1.96 bits per heavy atom. The SMILES string of the molecule is CN=C(NCCCc1ccc(Cl)cc1)NCc1nnc2ccccn12. The summed E-state index contributed by atoms with van der Waals surface area (Å²) in [4.78, 5) is 4.24. The molecule has 0 unspecified atom stereocenters. The van der Waals surface area contributed by atoms with E-state index < -0.39 is 0 Å². The van der Waals surface area contributed by atoms with Crippen LogP contribution in [-0.2, 0) is 13.0 Å². The van der Waals surface area contributed by atoms with Gasteiger partial charge in [-0.15, -0.1) is 10.2 Å². The van der Waals surface area contributed by atoms with E-state index in [2.05, 4.69) is 38.0 Å². The monoisotopic (exact) mass is 356 g/mol. The van der Waals surface area contributed by atoms with Crippen LogP contribution in [0.1, 0.15) is 17.8 Å². The predicted octanol–water partition coefficient (Wildman–Crippen LogP) is 2.68. The second-order valence-electron chi connectivity index (χ2n) is 5.63. The highest BCUT2D eigenvalue weighted by Crippen LogP contribution is 2.10. The Morgan fingerprint density at radius 3 is 2.76 bits per heavy atom. The highest BCUT2D eigenvalue weighted by Gasteiger charge is 2.05. The fourth-order valence-corrected chi connectivity index (χ4v) is 2.67. The lowest BCUT2D eigenvalue weighted by molar-refractivity contribution is 0.727. The molecular weight excluding hydrogens is 336 g/mol. The van der Waals surface area contributed by atoms with Crippen molar-refractivity contribution >= 4 is 23.2 Å². The maximum Gasteiger partial charge on any atom is 0.191 e. The number of hydrogen-bond acceptors (Lipinski definition) is 3. The molecule has 3 rings (SSSR count). The van der Waals surface area contributed by atoms with Crippen LogP contribution >= 0.6 is 11.6 Å². The van der Waals surface area contributed by atoms with Crippen LogP contribution in [0, 0.1) is 0 Å². The molecule has 0 fully saturated rings. The second-order valence-corrected chi connectivity index (χ2v) is 6.06. The largest absolute Gasteiger partial charge is 0.356 e. The summed E-state index contributed by atoms with van der Waals surface area (Å²) in [6, 6.07) is 13.8. The molecule has 0 amide bonds. The standard InChI is InChI=1S/C18H21ClN6/c1-20-18(21-11-4-5-14-7-9-15(19)10-8-14)22-13-17-24-23-16-6-2-3-12-25(16)17/h2-3,6-10,12H,4-5,11,13H2,1H3,(H2,20,21,22). The van der Waals surface area contributed by atoms with Crippen LogP contribution in [0.5, 0.6) is 0 Å². The number of nitrogens with zero attached hydrogens (tertiary/aromatic N) is 4. The van der Waals surface area contributed by atoms with Crippen LogP contribution in [0.3, 0.4) is 0 Å². The Labute approximate surface area is 152 Å². The summed E-state index contributed by atoms with van der Waals surface area (Å²) in [5, 5.41) is 15.7. The van der Waals surface area contributed by atoms with Gasteiger partial charge in [-0.05, 0) is 42.7 Å². The van der Waals surface area contributed by atoms with Gasteiger partial charge in [-0.25, -0.2) is 0 Å². The molecule has 2 aromatic heterocycles. The lowest BCUT2D eigenvalue weighted by Gasteiger charge is -2.11. The summed E-state index contributed by atoms with van der Waals surface area (Å²) in [5.74, 6) is 1.60. The first-order chi connectivity index (χ1) is 12.3.